The first-order valence-corrected chi connectivity index (χ1v) is 29.1. The molecule has 2 unspecified atom stereocenters. The Kier molecular flexibility index (Phi) is 14.3. The standard InChI is InChI=1S/C62H58N3O6P3/c1-47-27-35-51(36-28-47)61(3,4)53-39-31-49(32-40-53)50-33-43-59(44-34-50)70-73(68-57-23-15-9-16-24-57)63-72(66-55-19-11-7-12-20-55,67-56-21-13-8-14-22-56)64-74(65-73,69-58-25-17-10-18-26-58)71-60-45-41-54(42-46-60)62(5,6)52-37-29-48(2)30-38-52/h7-46H,1-6H3. The van der Waals surface area contributed by atoms with E-state index in [9.17, 15) is 0 Å². The van der Waals surface area contributed by atoms with Gasteiger partial charge in [-0.3, -0.25) is 0 Å². The average Bonchev–Trinajstić information content (AvgIpc) is 3.41. The van der Waals surface area contributed by atoms with Crippen LogP contribution in [0, 0.1) is 13.8 Å². The zero-order valence-corrected chi connectivity index (χ0v) is 44.9. The Hall–Kier alpha value is -7.53. The predicted octanol–water partition coefficient (Wildman–Crippen LogP) is 19.2. The summed E-state index contributed by atoms with van der Waals surface area (Å²) in [5.41, 5.74) is 8.74. The Balaban J connectivity index is 1.13. The lowest BCUT2D eigenvalue weighted by molar-refractivity contribution is 0.443. The maximum absolute atomic E-state index is 7.17. The molecule has 1 heterocycles. The quantitative estimate of drug-likeness (QED) is 0.0844. The van der Waals surface area contributed by atoms with Gasteiger partial charge < -0.3 is 27.1 Å². The highest BCUT2D eigenvalue weighted by atomic mass is 31.3. The molecule has 9 aromatic carbocycles. The van der Waals surface area contributed by atoms with E-state index in [1.165, 1.54) is 27.8 Å². The van der Waals surface area contributed by atoms with Gasteiger partial charge in [0.1, 0.15) is 34.5 Å². The molecule has 74 heavy (non-hydrogen) atoms. The van der Waals surface area contributed by atoms with Crippen molar-refractivity contribution in [1.29, 1.82) is 0 Å². The fourth-order valence-electron chi connectivity index (χ4n) is 8.50. The number of rotatable bonds is 17. The van der Waals surface area contributed by atoms with Crippen molar-refractivity contribution in [2.45, 2.75) is 52.4 Å². The minimum Gasteiger partial charge on any atom is -0.413 e. The van der Waals surface area contributed by atoms with Crippen molar-refractivity contribution in [3.63, 3.8) is 0 Å². The Morgan fingerprint density at radius 1 is 0.257 bits per heavy atom. The van der Waals surface area contributed by atoms with Crippen LogP contribution in [0.4, 0.5) is 0 Å². The molecule has 0 saturated heterocycles. The van der Waals surface area contributed by atoms with Gasteiger partial charge in [-0.05, 0) is 120 Å². The van der Waals surface area contributed by atoms with Gasteiger partial charge >= 0.3 is 23.0 Å². The van der Waals surface area contributed by atoms with E-state index in [1.54, 1.807) is 0 Å². The molecule has 0 aliphatic carbocycles. The van der Waals surface area contributed by atoms with Crippen molar-refractivity contribution in [1.82, 2.24) is 0 Å². The molecule has 2 atom stereocenters. The van der Waals surface area contributed by atoms with Gasteiger partial charge in [-0.15, -0.1) is 0 Å². The molecule has 0 aromatic heterocycles. The molecule has 10 rings (SSSR count). The van der Waals surface area contributed by atoms with Crippen molar-refractivity contribution in [2.75, 3.05) is 0 Å². The third kappa shape index (κ3) is 11.5. The first-order valence-electron chi connectivity index (χ1n) is 24.5. The molecule has 0 saturated carbocycles. The van der Waals surface area contributed by atoms with Gasteiger partial charge in [-0.1, -0.05) is 222 Å². The molecule has 1 aliphatic rings. The molecule has 9 aromatic rings. The summed E-state index contributed by atoms with van der Waals surface area (Å²) in [7, 11) is -12.2. The molecule has 0 N–H and O–H groups in total. The highest BCUT2D eigenvalue weighted by Crippen LogP contribution is 2.78. The Morgan fingerprint density at radius 2 is 0.459 bits per heavy atom. The van der Waals surface area contributed by atoms with Crippen LogP contribution in [0.5, 0.6) is 34.5 Å². The van der Waals surface area contributed by atoms with Gasteiger partial charge in [0, 0.05) is 10.8 Å². The molecule has 0 fully saturated rings. The summed E-state index contributed by atoms with van der Waals surface area (Å²) in [4.78, 5) is 0. The summed E-state index contributed by atoms with van der Waals surface area (Å²) in [5.74, 6) is 2.66. The van der Waals surface area contributed by atoms with Gasteiger partial charge in [0.15, 0.2) is 0 Å². The summed E-state index contributed by atoms with van der Waals surface area (Å²) < 4.78 is 58.7. The third-order valence-electron chi connectivity index (χ3n) is 12.9. The van der Waals surface area contributed by atoms with E-state index >= 15 is 0 Å². The van der Waals surface area contributed by atoms with Crippen molar-refractivity contribution in [3.05, 3.63) is 276 Å². The summed E-state index contributed by atoms with van der Waals surface area (Å²) in [6.45, 7) is 13.1. The third-order valence-corrected chi connectivity index (χ3v) is 21.0. The van der Waals surface area contributed by atoms with Crippen LogP contribution in [0.2, 0.25) is 0 Å². The van der Waals surface area contributed by atoms with Gasteiger partial charge in [-0.25, -0.2) is 0 Å². The lowest BCUT2D eigenvalue weighted by Gasteiger charge is -2.33. The molecule has 1 aliphatic heterocycles. The first-order chi connectivity index (χ1) is 35.8. The second kappa shape index (κ2) is 21.1. The van der Waals surface area contributed by atoms with E-state index in [1.807, 2.05) is 158 Å². The normalized spacial score (nSPS) is 17.1. The van der Waals surface area contributed by atoms with Crippen LogP contribution >= 0.6 is 23.0 Å². The minimum absolute atomic E-state index is 0.180. The smallest absolute Gasteiger partial charge is 0.413 e. The molecule has 0 spiro atoms. The van der Waals surface area contributed by atoms with Crippen LogP contribution in [0.3, 0.4) is 0 Å². The van der Waals surface area contributed by atoms with Crippen LogP contribution < -0.4 is 27.1 Å². The van der Waals surface area contributed by atoms with Crippen LogP contribution in [0.15, 0.2) is 256 Å². The number of para-hydroxylation sites is 4. The Labute approximate surface area is 435 Å². The van der Waals surface area contributed by atoms with Crippen LogP contribution in [-0.4, -0.2) is 0 Å². The first kappa shape index (κ1) is 50.0. The van der Waals surface area contributed by atoms with Gasteiger partial charge in [0.2, 0.25) is 0 Å². The Morgan fingerprint density at radius 3 is 0.730 bits per heavy atom. The van der Waals surface area contributed by atoms with E-state index in [0.29, 0.717) is 34.5 Å². The fourth-order valence-corrected chi connectivity index (χ4v) is 17.6. The summed E-state index contributed by atoms with van der Waals surface area (Å²) in [6, 6.07) is 79.2. The highest BCUT2D eigenvalue weighted by molar-refractivity contribution is 7.79. The summed E-state index contributed by atoms with van der Waals surface area (Å²) in [6.07, 6.45) is 0. The van der Waals surface area contributed by atoms with Gasteiger partial charge in [-0.2, -0.15) is 0 Å². The van der Waals surface area contributed by atoms with Crippen LogP contribution in [-0.2, 0) is 10.8 Å². The van der Waals surface area contributed by atoms with Crippen molar-refractivity contribution in [3.8, 4) is 45.6 Å². The number of hydrogen-bond acceptors (Lipinski definition) is 9. The van der Waals surface area contributed by atoms with E-state index in [0.717, 1.165) is 16.7 Å². The number of aryl methyl sites for hydroxylation is 2. The monoisotopic (exact) mass is 1030 g/mol. The second-order valence-electron chi connectivity index (χ2n) is 19.1. The van der Waals surface area contributed by atoms with Gasteiger partial charge in [0.25, 0.3) is 0 Å². The topological polar surface area (TPSA) is 92.5 Å². The van der Waals surface area contributed by atoms with Crippen molar-refractivity contribution in [2.24, 2.45) is 13.5 Å². The highest BCUT2D eigenvalue weighted by Gasteiger charge is 2.49. The minimum atomic E-state index is -4.10. The van der Waals surface area contributed by atoms with E-state index in [2.05, 4.69) is 126 Å². The second-order valence-corrected chi connectivity index (χ2v) is 25.3. The molecule has 0 amide bonds. The number of benzene rings is 9. The molecule has 12 heteroatoms. The SMILES string of the molecule is Cc1ccc(C(C)(C)c2ccc(OP3(Oc4ccccc4)=NP(Oc4ccccc4)(Oc4ccccc4)=NP(Oc4ccccc4)(Oc4ccc(-c5ccc(C(C)(C)c6ccc(C)cc6)cc5)cc4)=N3)cc2)cc1. The fraction of sp³-hybridized carbons (Fsp3) is 0.129. The van der Waals surface area contributed by atoms with Crippen molar-refractivity contribution >= 4 is 23.0 Å². The number of hydrogen-bond donors (Lipinski definition) is 0. The summed E-state index contributed by atoms with van der Waals surface area (Å²) in [5, 5.41) is 0. The molecular formula is C62H58N3O6P3. The molecule has 0 radical (unpaired) electrons. The average molecular weight is 1030 g/mol. The van der Waals surface area contributed by atoms with E-state index in [-0.39, 0.29) is 10.8 Å². The lowest BCUT2D eigenvalue weighted by Crippen LogP contribution is -2.18. The molecular weight excluding hydrogens is 976 g/mol. The maximum atomic E-state index is 7.17. The zero-order valence-electron chi connectivity index (χ0n) is 42.2. The van der Waals surface area contributed by atoms with Gasteiger partial charge in [0.05, 0.1) is 0 Å². The maximum Gasteiger partial charge on any atom is 0.460 e. The lowest BCUT2D eigenvalue weighted by atomic mass is 9.77. The Bertz CT molecular complexity index is 3460. The van der Waals surface area contributed by atoms with E-state index < -0.39 is 23.0 Å². The van der Waals surface area contributed by atoms with Crippen LogP contribution in [0.1, 0.15) is 61.1 Å². The largest absolute Gasteiger partial charge is 0.460 e. The van der Waals surface area contributed by atoms with Crippen molar-refractivity contribution < 1.29 is 27.1 Å². The molecule has 0 bridgehead atoms. The molecule has 9 nitrogen and oxygen atoms in total. The zero-order chi connectivity index (χ0) is 51.2. The van der Waals surface area contributed by atoms with E-state index in [4.69, 9.17) is 40.7 Å². The summed E-state index contributed by atoms with van der Waals surface area (Å²) >= 11 is 0. The number of nitrogens with zero attached hydrogens (tertiary/aromatic N) is 3. The molecule has 372 valence electrons. The predicted molar refractivity (Wildman–Crippen MR) is 303 cm³/mol. The van der Waals surface area contributed by atoms with Crippen LogP contribution in [0.25, 0.3) is 11.1 Å².